The SMILES string of the molecule is C=CCn1c(SCC(=O)Nc2ccc(Br)c(C)c2)nnc1[C@@H](NC(=O)c1ccccc1)C(C)C. The molecule has 1 heterocycles. The van der Waals surface area contributed by atoms with E-state index in [1.54, 1.807) is 18.2 Å². The van der Waals surface area contributed by atoms with Crippen LogP contribution in [0.1, 0.15) is 41.6 Å². The molecule has 0 saturated carbocycles. The Hall–Kier alpha value is -2.91. The van der Waals surface area contributed by atoms with Crippen LogP contribution in [0.4, 0.5) is 5.69 Å². The summed E-state index contributed by atoms with van der Waals surface area (Å²) in [6.45, 7) is 10.3. The zero-order valence-electron chi connectivity index (χ0n) is 19.4. The van der Waals surface area contributed by atoms with Gasteiger partial charge in [-0.15, -0.1) is 16.8 Å². The van der Waals surface area contributed by atoms with Crippen LogP contribution in [0.3, 0.4) is 0 Å². The number of amides is 2. The van der Waals surface area contributed by atoms with Gasteiger partial charge in [0, 0.05) is 22.3 Å². The topological polar surface area (TPSA) is 88.9 Å². The molecule has 3 rings (SSSR count). The number of rotatable bonds is 10. The molecule has 1 atom stereocenters. The molecule has 0 spiro atoms. The molecule has 0 fully saturated rings. The standard InChI is InChI=1S/C25H28BrN5O2S/c1-5-13-31-23(22(16(2)3)28-24(33)18-9-7-6-8-10-18)29-30-25(31)34-15-21(32)27-19-11-12-20(26)17(4)14-19/h5-12,14,16,22H,1,13,15H2,2-4H3,(H,27,32)(H,28,33)/t22-/m0/s1. The van der Waals surface area contributed by atoms with Crippen LogP contribution in [-0.4, -0.2) is 32.3 Å². The third kappa shape index (κ3) is 6.57. The Morgan fingerprint density at radius 3 is 2.56 bits per heavy atom. The molecule has 2 N–H and O–H groups in total. The fraction of sp³-hybridized carbons (Fsp3) is 0.280. The van der Waals surface area contributed by atoms with Crippen LogP contribution < -0.4 is 10.6 Å². The van der Waals surface area contributed by atoms with E-state index in [2.05, 4.69) is 43.3 Å². The van der Waals surface area contributed by atoms with Crippen molar-refractivity contribution in [1.82, 2.24) is 20.1 Å². The van der Waals surface area contributed by atoms with Crippen molar-refractivity contribution in [3.63, 3.8) is 0 Å². The van der Waals surface area contributed by atoms with Crippen molar-refractivity contribution in [2.75, 3.05) is 11.1 Å². The van der Waals surface area contributed by atoms with Gasteiger partial charge in [0.2, 0.25) is 5.91 Å². The molecule has 178 valence electrons. The molecule has 0 radical (unpaired) electrons. The second-order valence-corrected chi connectivity index (χ2v) is 9.90. The van der Waals surface area contributed by atoms with Crippen molar-refractivity contribution in [2.45, 2.75) is 38.5 Å². The van der Waals surface area contributed by atoms with Crippen LogP contribution in [0.5, 0.6) is 0 Å². The van der Waals surface area contributed by atoms with Crippen LogP contribution in [0, 0.1) is 12.8 Å². The van der Waals surface area contributed by atoms with E-state index in [-0.39, 0.29) is 29.5 Å². The Morgan fingerprint density at radius 2 is 1.91 bits per heavy atom. The number of hydrogen-bond donors (Lipinski definition) is 2. The zero-order valence-corrected chi connectivity index (χ0v) is 21.8. The van der Waals surface area contributed by atoms with Crippen LogP contribution in [0.25, 0.3) is 0 Å². The monoisotopic (exact) mass is 541 g/mol. The minimum atomic E-state index is -0.353. The molecule has 2 aromatic carbocycles. The third-order valence-corrected chi connectivity index (χ3v) is 6.96. The molecule has 0 bridgehead atoms. The summed E-state index contributed by atoms with van der Waals surface area (Å²) in [5, 5.41) is 15.3. The van der Waals surface area contributed by atoms with E-state index in [9.17, 15) is 9.59 Å². The summed E-state index contributed by atoms with van der Waals surface area (Å²) in [5.74, 6) is 0.561. The fourth-order valence-electron chi connectivity index (χ4n) is 3.33. The Kier molecular flexibility index (Phi) is 9.06. The van der Waals surface area contributed by atoms with E-state index >= 15 is 0 Å². The first kappa shape index (κ1) is 25.7. The maximum absolute atomic E-state index is 12.8. The summed E-state index contributed by atoms with van der Waals surface area (Å²) >= 11 is 4.76. The Balaban J connectivity index is 1.74. The molecule has 0 aliphatic carbocycles. The summed E-state index contributed by atoms with van der Waals surface area (Å²) in [6.07, 6.45) is 1.75. The first-order valence-corrected chi connectivity index (χ1v) is 12.7. The van der Waals surface area contributed by atoms with Crippen molar-refractivity contribution < 1.29 is 9.59 Å². The summed E-state index contributed by atoms with van der Waals surface area (Å²) in [4.78, 5) is 25.3. The number of nitrogens with zero attached hydrogens (tertiary/aromatic N) is 3. The highest BCUT2D eigenvalue weighted by atomic mass is 79.9. The van der Waals surface area contributed by atoms with Crippen LogP contribution in [0.2, 0.25) is 0 Å². The Bertz CT molecular complexity index is 1160. The predicted molar refractivity (Wildman–Crippen MR) is 140 cm³/mol. The van der Waals surface area contributed by atoms with Gasteiger partial charge in [0.05, 0.1) is 11.8 Å². The number of allylic oxidation sites excluding steroid dienone is 1. The highest BCUT2D eigenvalue weighted by Crippen LogP contribution is 2.26. The van der Waals surface area contributed by atoms with Gasteiger partial charge in [-0.1, -0.05) is 65.8 Å². The van der Waals surface area contributed by atoms with Gasteiger partial charge in [0.25, 0.3) is 5.91 Å². The van der Waals surface area contributed by atoms with Gasteiger partial charge in [-0.3, -0.25) is 9.59 Å². The lowest BCUT2D eigenvalue weighted by Crippen LogP contribution is -2.33. The van der Waals surface area contributed by atoms with Gasteiger partial charge < -0.3 is 15.2 Å². The predicted octanol–water partition coefficient (Wildman–Crippen LogP) is 5.39. The van der Waals surface area contributed by atoms with E-state index in [0.717, 1.165) is 15.7 Å². The molecule has 2 amide bonds. The number of carbonyl (C=O) groups excluding carboxylic acids is 2. The molecule has 0 aliphatic heterocycles. The lowest BCUT2D eigenvalue weighted by Gasteiger charge is -2.22. The number of hydrogen-bond acceptors (Lipinski definition) is 5. The molecular weight excluding hydrogens is 514 g/mol. The minimum absolute atomic E-state index is 0.0715. The normalized spacial score (nSPS) is 11.8. The molecule has 1 aromatic heterocycles. The number of thioether (sulfide) groups is 1. The number of aryl methyl sites for hydroxylation is 1. The second kappa shape index (κ2) is 12.0. The maximum atomic E-state index is 12.8. The van der Waals surface area contributed by atoms with Crippen molar-refractivity contribution in [3.05, 3.63) is 82.6 Å². The number of benzene rings is 2. The summed E-state index contributed by atoms with van der Waals surface area (Å²) in [7, 11) is 0. The van der Waals surface area contributed by atoms with Crippen molar-refractivity contribution in [2.24, 2.45) is 5.92 Å². The Labute approximate surface area is 212 Å². The van der Waals surface area contributed by atoms with Gasteiger partial charge in [-0.05, 0) is 48.7 Å². The summed E-state index contributed by atoms with van der Waals surface area (Å²) in [5.41, 5.74) is 2.36. The van der Waals surface area contributed by atoms with Crippen LogP contribution in [0.15, 0.2) is 70.8 Å². The number of nitrogens with one attached hydrogen (secondary N) is 2. The lowest BCUT2D eigenvalue weighted by molar-refractivity contribution is -0.113. The average molecular weight is 543 g/mol. The lowest BCUT2D eigenvalue weighted by atomic mass is 10.0. The molecule has 0 aliphatic rings. The molecule has 0 unspecified atom stereocenters. The van der Waals surface area contributed by atoms with Gasteiger partial charge in [0.1, 0.15) is 0 Å². The first-order valence-electron chi connectivity index (χ1n) is 10.9. The zero-order chi connectivity index (χ0) is 24.7. The smallest absolute Gasteiger partial charge is 0.251 e. The Morgan fingerprint density at radius 1 is 1.18 bits per heavy atom. The van der Waals surface area contributed by atoms with Crippen LogP contribution in [-0.2, 0) is 11.3 Å². The number of aromatic nitrogens is 3. The highest BCUT2D eigenvalue weighted by molar-refractivity contribution is 9.10. The first-order chi connectivity index (χ1) is 16.3. The molecule has 9 heteroatoms. The highest BCUT2D eigenvalue weighted by Gasteiger charge is 2.26. The molecule has 3 aromatic rings. The van der Waals surface area contributed by atoms with Crippen molar-refractivity contribution in [1.29, 1.82) is 0 Å². The van der Waals surface area contributed by atoms with E-state index in [0.29, 0.717) is 23.1 Å². The van der Waals surface area contributed by atoms with Gasteiger partial charge in [0.15, 0.2) is 11.0 Å². The number of carbonyl (C=O) groups is 2. The fourth-order valence-corrected chi connectivity index (χ4v) is 4.33. The van der Waals surface area contributed by atoms with E-state index < -0.39 is 0 Å². The average Bonchev–Trinajstić information content (AvgIpc) is 3.21. The molecule has 7 nitrogen and oxygen atoms in total. The summed E-state index contributed by atoms with van der Waals surface area (Å²) in [6, 6.07) is 14.4. The van der Waals surface area contributed by atoms with Crippen molar-refractivity contribution >= 4 is 45.2 Å². The number of halogens is 1. The van der Waals surface area contributed by atoms with Crippen LogP contribution >= 0.6 is 27.7 Å². The van der Waals surface area contributed by atoms with Gasteiger partial charge >= 0.3 is 0 Å². The van der Waals surface area contributed by atoms with Crippen molar-refractivity contribution in [3.8, 4) is 0 Å². The second-order valence-electron chi connectivity index (χ2n) is 8.10. The van der Waals surface area contributed by atoms with E-state index in [1.165, 1.54) is 11.8 Å². The largest absolute Gasteiger partial charge is 0.342 e. The summed E-state index contributed by atoms with van der Waals surface area (Å²) < 4.78 is 2.88. The quantitative estimate of drug-likeness (QED) is 0.265. The van der Waals surface area contributed by atoms with E-state index in [1.807, 2.05) is 61.7 Å². The molecule has 0 saturated heterocycles. The van der Waals surface area contributed by atoms with Gasteiger partial charge in [-0.25, -0.2) is 0 Å². The molecular formula is C25H28BrN5O2S. The third-order valence-electron chi connectivity index (χ3n) is 5.10. The molecule has 34 heavy (non-hydrogen) atoms. The van der Waals surface area contributed by atoms with Gasteiger partial charge in [-0.2, -0.15) is 0 Å². The minimum Gasteiger partial charge on any atom is -0.342 e. The van der Waals surface area contributed by atoms with E-state index in [4.69, 9.17) is 0 Å². The maximum Gasteiger partial charge on any atom is 0.251 e. The number of anilines is 1.